The van der Waals surface area contributed by atoms with E-state index in [1.807, 2.05) is 0 Å². The van der Waals surface area contributed by atoms with E-state index in [2.05, 4.69) is 12.2 Å². The summed E-state index contributed by atoms with van der Waals surface area (Å²) in [5, 5.41) is 0.514. The maximum Gasteiger partial charge on any atom is 0.0377 e. The zero-order valence-electron chi connectivity index (χ0n) is 5.16. The van der Waals surface area contributed by atoms with Gasteiger partial charge in [-0.1, -0.05) is 12.2 Å². The number of allylic oxidation sites excluding steroid dienone is 2. The van der Waals surface area contributed by atoms with E-state index >= 15 is 0 Å². The summed E-state index contributed by atoms with van der Waals surface area (Å²) in [5.74, 6) is 1.48. The van der Waals surface area contributed by atoms with E-state index < -0.39 is 0 Å². The third kappa shape index (κ3) is 0.812. The van der Waals surface area contributed by atoms with Gasteiger partial charge in [0.2, 0.25) is 0 Å². The molecule has 3 unspecified atom stereocenters. The molecule has 0 spiro atoms. The standard InChI is InChI=1S/C7H10OS/c8-9-7-4-5-1-2-6(7)3-5/h1-2,5-8H,3-4H2. The van der Waals surface area contributed by atoms with E-state index in [0.29, 0.717) is 11.2 Å². The van der Waals surface area contributed by atoms with Crippen molar-refractivity contribution >= 4 is 12.0 Å². The molecule has 1 nitrogen and oxygen atoms in total. The van der Waals surface area contributed by atoms with Crippen molar-refractivity contribution in [2.45, 2.75) is 18.1 Å². The summed E-state index contributed by atoms with van der Waals surface area (Å²) in [4.78, 5) is 0. The van der Waals surface area contributed by atoms with Gasteiger partial charge in [0.25, 0.3) is 0 Å². The van der Waals surface area contributed by atoms with Crippen molar-refractivity contribution in [3.05, 3.63) is 12.2 Å². The second-order valence-corrected chi connectivity index (χ2v) is 3.74. The van der Waals surface area contributed by atoms with Crippen molar-refractivity contribution in [1.82, 2.24) is 0 Å². The lowest BCUT2D eigenvalue weighted by Crippen LogP contribution is -2.07. The third-order valence-electron chi connectivity index (χ3n) is 2.35. The Labute approximate surface area is 59.4 Å². The van der Waals surface area contributed by atoms with Gasteiger partial charge < -0.3 is 4.55 Å². The first-order chi connectivity index (χ1) is 4.40. The van der Waals surface area contributed by atoms with Crippen LogP contribution in [-0.4, -0.2) is 9.80 Å². The average Bonchev–Trinajstić information content (AvgIpc) is 2.45. The Kier molecular flexibility index (Phi) is 1.31. The fourth-order valence-corrected chi connectivity index (χ4v) is 2.54. The highest BCUT2D eigenvalue weighted by atomic mass is 32.2. The van der Waals surface area contributed by atoms with Gasteiger partial charge in [0.05, 0.1) is 0 Å². The fraction of sp³-hybridized carbons (Fsp3) is 0.714. The number of hydrogen-bond donors (Lipinski definition) is 1. The number of fused-ring (bicyclic) bond motifs is 2. The fourth-order valence-electron chi connectivity index (χ4n) is 1.85. The van der Waals surface area contributed by atoms with Gasteiger partial charge in [0, 0.05) is 5.25 Å². The molecule has 1 fully saturated rings. The molecule has 2 heteroatoms. The maximum absolute atomic E-state index is 8.77. The highest BCUT2D eigenvalue weighted by molar-refractivity contribution is 7.94. The molecule has 2 aliphatic rings. The van der Waals surface area contributed by atoms with Crippen molar-refractivity contribution in [3.8, 4) is 0 Å². The van der Waals surface area contributed by atoms with E-state index in [0.717, 1.165) is 18.0 Å². The molecule has 0 aromatic heterocycles. The largest absolute Gasteiger partial charge is 0.330 e. The van der Waals surface area contributed by atoms with Crippen LogP contribution in [0.1, 0.15) is 12.8 Å². The second-order valence-electron chi connectivity index (χ2n) is 2.92. The molecule has 0 aromatic carbocycles. The Balaban J connectivity index is 2.10. The Morgan fingerprint density at radius 1 is 1.33 bits per heavy atom. The molecule has 0 heterocycles. The Hall–Kier alpha value is 0.0500. The van der Waals surface area contributed by atoms with Gasteiger partial charge in [-0.05, 0) is 36.7 Å². The van der Waals surface area contributed by atoms with Crippen LogP contribution < -0.4 is 0 Å². The lowest BCUT2D eigenvalue weighted by atomic mass is 10.1. The Morgan fingerprint density at radius 2 is 2.22 bits per heavy atom. The summed E-state index contributed by atoms with van der Waals surface area (Å²) in [6, 6.07) is 0. The molecule has 3 atom stereocenters. The normalized spacial score (nSPS) is 46.6. The molecule has 9 heavy (non-hydrogen) atoms. The summed E-state index contributed by atoms with van der Waals surface area (Å²) >= 11 is 1.04. The van der Waals surface area contributed by atoms with E-state index in [9.17, 15) is 0 Å². The molecule has 2 rings (SSSR count). The molecular formula is C7H10OS. The van der Waals surface area contributed by atoms with Gasteiger partial charge in [-0.15, -0.1) is 0 Å². The summed E-state index contributed by atoms with van der Waals surface area (Å²) in [6.07, 6.45) is 7.03. The first-order valence-corrected chi connectivity index (χ1v) is 4.22. The molecule has 0 saturated heterocycles. The summed E-state index contributed by atoms with van der Waals surface area (Å²) in [6.45, 7) is 0. The van der Waals surface area contributed by atoms with Crippen molar-refractivity contribution < 1.29 is 4.55 Å². The molecule has 1 N–H and O–H groups in total. The van der Waals surface area contributed by atoms with E-state index in [-0.39, 0.29) is 0 Å². The van der Waals surface area contributed by atoms with Crippen LogP contribution in [0.5, 0.6) is 0 Å². The van der Waals surface area contributed by atoms with Crippen molar-refractivity contribution in [1.29, 1.82) is 0 Å². The van der Waals surface area contributed by atoms with E-state index in [1.54, 1.807) is 0 Å². The Morgan fingerprint density at radius 3 is 2.56 bits per heavy atom. The number of rotatable bonds is 1. The van der Waals surface area contributed by atoms with E-state index in [1.165, 1.54) is 12.8 Å². The average molecular weight is 142 g/mol. The minimum atomic E-state index is 0.514. The molecule has 50 valence electrons. The molecular weight excluding hydrogens is 132 g/mol. The van der Waals surface area contributed by atoms with Crippen LogP contribution in [0.4, 0.5) is 0 Å². The first-order valence-electron chi connectivity index (χ1n) is 3.38. The van der Waals surface area contributed by atoms with Crippen LogP contribution >= 0.6 is 12.0 Å². The predicted molar refractivity (Wildman–Crippen MR) is 39.4 cm³/mol. The lowest BCUT2D eigenvalue weighted by Gasteiger charge is -2.12. The molecule has 0 amide bonds. The van der Waals surface area contributed by atoms with E-state index in [4.69, 9.17) is 4.55 Å². The van der Waals surface area contributed by atoms with Crippen LogP contribution in [0.3, 0.4) is 0 Å². The second kappa shape index (κ2) is 2.03. The monoisotopic (exact) mass is 142 g/mol. The smallest absolute Gasteiger partial charge is 0.0377 e. The zero-order valence-corrected chi connectivity index (χ0v) is 5.97. The van der Waals surface area contributed by atoms with Crippen LogP contribution in [0.25, 0.3) is 0 Å². The quantitative estimate of drug-likeness (QED) is 0.447. The van der Waals surface area contributed by atoms with Crippen LogP contribution in [0.15, 0.2) is 12.2 Å². The Bertz CT molecular complexity index is 144. The predicted octanol–water partition coefficient (Wildman–Crippen LogP) is 2.16. The van der Waals surface area contributed by atoms with Crippen LogP contribution in [-0.2, 0) is 0 Å². The molecule has 2 bridgehead atoms. The lowest BCUT2D eigenvalue weighted by molar-refractivity contribution is 0.619. The number of hydrogen-bond acceptors (Lipinski definition) is 2. The summed E-state index contributed by atoms with van der Waals surface area (Å²) in [5.41, 5.74) is 0. The molecule has 0 radical (unpaired) electrons. The summed E-state index contributed by atoms with van der Waals surface area (Å²) in [7, 11) is 0. The van der Waals surface area contributed by atoms with Crippen molar-refractivity contribution in [2.24, 2.45) is 11.8 Å². The zero-order chi connectivity index (χ0) is 6.27. The highest BCUT2D eigenvalue weighted by Gasteiger charge is 2.35. The van der Waals surface area contributed by atoms with Gasteiger partial charge in [-0.3, -0.25) is 0 Å². The molecule has 2 aliphatic carbocycles. The first kappa shape index (κ1) is 5.81. The van der Waals surface area contributed by atoms with Crippen molar-refractivity contribution in [3.63, 3.8) is 0 Å². The third-order valence-corrected chi connectivity index (χ3v) is 3.17. The minimum Gasteiger partial charge on any atom is -0.330 e. The molecule has 1 saturated carbocycles. The SMILES string of the molecule is OSC1CC2C=CC1C2. The van der Waals surface area contributed by atoms with Gasteiger partial charge in [-0.25, -0.2) is 0 Å². The van der Waals surface area contributed by atoms with Gasteiger partial charge >= 0.3 is 0 Å². The van der Waals surface area contributed by atoms with Crippen molar-refractivity contribution in [2.75, 3.05) is 0 Å². The molecule has 0 aromatic rings. The minimum absolute atomic E-state index is 0.514. The maximum atomic E-state index is 8.77. The van der Waals surface area contributed by atoms with Gasteiger partial charge in [-0.2, -0.15) is 0 Å². The topological polar surface area (TPSA) is 20.2 Å². The van der Waals surface area contributed by atoms with Gasteiger partial charge in [0.15, 0.2) is 0 Å². The summed E-state index contributed by atoms with van der Waals surface area (Å²) < 4.78 is 8.77. The highest BCUT2D eigenvalue weighted by Crippen LogP contribution is 2.43. The van der Waals surface area contributed by atoms with Crippen LogP contribution in [0, 0.1) is 11.8 Å². The van der Waals surface area contributed by atoms with Gasteiger partial charge in [0.1, 0.15) is 0 Å². The molecule has 0 aliphatic heterocycles. The van der Waals surface area contributed by atoms with Crippen LogP contribution in [0.2, 0.25) is 0 Å².